The number of nitrogen functional groups attached to an aromatic ring is 1. The number of amidine groups is 1. The van der Waals surface area contributed by atoms with Crippen LogP contribution in [0.2, 0.25) is 0 Å². The highest BCUT2D eigenvalue weighted by Crippen LogP contribution is 2.19. The largest absolute Gasteiger partial charge is 0.493 e. The molecule has 1 rings (SSSR count). The molecular formula is C14H22N2O2. The summed E-state index contributed by atoms with van der Waals surface area (Å²) in [5.74, 6) is 0.879. The Balaban J connectivity index is 2.59. The number of nitrogens with one attached hydrogen (secondary N) is 1. The van der Waals surface area contributed by atoms with E-state index in [1.54, 1.807) is 7.11 Å². The summed E-state index contributed by atoms with van der Waals surface area (Å²) in [7, 11) is 1.70. The number of ether oxygens (including phenoxy) is 2. The van der Waals surface area contributed by atoms with Crippen LogP contribution in [0.5, 0.6) is 5.75 Å². The van der Waals surface area contributed by atoms with Crippen LogP contribution >= 0.6 is 0 Å². The fourth-order valence-corrected chi connectivity index (χ4v) is 1.54. The summed E-state index contributed by atoms with van der Waals surface area (Å²) < 4.78 is 11.0. The molecule has 0 saturated carbocycles. The molecule has 0 aliphatic rings. The maximum absolute atomic E-state index is 7.41. The summed E-state index contributed by atoms with van der Waals surface area (Å²) in [5.41, 5.74) is 6.99. The van der Waals surface area contributed by atoms with Gasteiger partial charge < -0.3 is 15.2 Å². The van der Waals surface area contributed by atoms with Crippen LogP contribution in [0.4, 0.5) is 0 Å². The van der Waals surface area contributed by atoms with Crippen LogP contribution in [-0.4, -0.2) is 25.2 Å². The first kappa shape index (κ1) is 14.5. The molecule has 100 valence electrons. The lowest BCUT2D eigenvalue weighted by Gasteiger charge is -2.22. The lowest BCUT2D eigenvalue weighted by Crippen LogP contribution is -2.25. The molecule has 0 bridgehead atoms. The first-order valence-corrected chi connectivity index (χ1v) is 5.99. The summed E-state index contributed by atoms with van der Waals surface area (Å²) in [5, 5.41) is 7.41. The van der Waals surface area contributed by atoms with Crippen molar-refractivity contribution in [1.82, 2.24) is 0 Å². The Bertz CT molecular complexity index is 428. The average Bonchev–Trinajstić information content (AvgIpc) is 2.28. The van der Waals surface area contributed by atoms with E-state index in [0.29, 0.717) is 6.61 Å². The second-order valence-corrected chi connectivity index (χ2v) is 4.95. The molecule has 0 fully saturated rings. The van der Waals surface area contributed by atoms with Gasteiger partial charge in [0.1, 0.15) is 11.6 Å². The average molecular weight is 250 g/mol. The number of benzene rings is 1. The molecule has 0 aliphatic carbocycles. The van der Waals surface area contributed by atoms with Gasteiger partial charge >= 0.3 is 0 Å². The van der Waals surface area contributed by atoms with Crippen LogP contribution in [0.25, 0.3) is 0 Å². The number of hydrogen-bond acceptors (Lipinski definition) is 3. The number of aryl methyl sites for hydroxylation is 1. The van der Waals surface area contributed by atoms with Crippen molar-refractivity contribution in [2.45, 2.75) is 32.8 Å². The van der Waals surface area contributed by atoms with E-state index >= 15 is 0 Å². The Morgan fingerprint density at radius 2 is 2.06 bits per heavy atom. The molecule has 0 aliphatic heterocycles. The fourth-order valence-electron chi connectivity index (χ4n) is 1.54. The zero-order valence-electron chi connectivity index (χ0n) is 11.5. The minimum atomic E-state index is -0.172. The van der Waals surface area contributed by atoms with Gasteiger partial charge in [0, 0.05) is 19.1 Å². The van der Waals surface area contributed by atoms with Crippen molar-refractivity contribution in [1.29, 1.82) is 5.41 Å². The zero-order valence-corrected chi connectivity index (χ0v) is 11.5. The second kappa shape index (κ2) is 5.87. The van der Waals surface area contributed by atoms with E-state index in [9.17, 15) is 0 Å². The SMILES string of the molecule is COC(C)(C)CCOc1ccc(C(=N)N)c(C)c1. The van der Waals surface area contributed by atoms with Gasteiger partial charge in [-0.3, -0.25) is 5.41 Å². The molecule has 0 spiro atoms. The van der Waals surface area contributed by atoms with Gasteiger partial charge in [-0.2, -0.15) is 0 Å². The molecule has 0 heterocycles. The van der Waals surface area contributed by atoms with Crippen molar-refractivity contribution in [3.8, 4) is 5.75 Å². The van der Waals surface area contributed by atoms with Crippen molar-refractivity contribution in [3.05, 3.63) is 29.3 Å². The Hall–Kier alpha value is -1.55. The van der Waals surface area contributed by atoms with E-state index in [1.807, 2.05) is 39.0 Å². The maximum Gasteiger partial charge on any atom is 0.123 e. The molecule has 0 unspecified atom stereocenters. The molecule has 0 radical (unpaired) electrons. The lowest BCUT2D eigenvalue weighted by atomic mass is 10.1. The van der Waals surface area contributed by atoms with Crippen molar-refractivity contribution >= 4 is 5.84 Å². The molecule has 4 nitrogen and oxygen atoms in total. The summed E-state index contributed by atoms with van der Waals surface area (Å²) in [6.07, 6.45) is 0.816. The van der Waals surface area contributed by atoms with Gasteiger partial charge in [0.15, 0.2) is 0 Å². The van der Waals surface area contributed by atoms with E-state index in [4.69, 9.17) is 20.6 Å². The Labute approximate surface area is 109 Å². The summed E-state index contributed by atoms with van der Waals surface area (Å²) in [6, 6.07) is 5.55. The topological polar surface area (TPSA) is 68.3 Å². The standard InChI is InChI=1S/C14H22N2O2/c1-10-9-11(5-6-12(10)13(15)16)18-8-7-14(2,3)17-4/h5-6,9H,7-8H2,1-4H3,(H3,15,16). The van der Waals surface area contributed by atoms with Gasteiger partial charge in [-0.1, -0.05) is 0 Å². The van der Waals surface area contributed by atoms with E-state index in [0.717, 1.165) is 23.3 Å². The van der Waals surface area contributed by atoms with Crippen LogP contribution < -0.4 is 10.5 Å². The number of hydrogen-bond donors (Lipinski definition) is 2. The number of nitrogens with two attached hydrogens (primary N) is 1. The van der Waals surface area contributed by atoms with Crippen LogP contribution in [-0.2, 0) is 4.74 Å². The molecule has 1 aromatic carbocycles. The van der Waals surface area contributed by atoms with E-state index in [-0.39, 0.29) is 11.4 Å². The predicted molar refractivity (Wildman–Crippen MR) is 73.4 cm³/mol. The van der Waals surface area contributed by atoms with Gasteiger partial charge in [0.2, 0.25) is 0 Å². The summed E-state index contributed by atoms with van der Waals surface area (Å²) >= 11 is 0. The molecule has 4 heteroatoms. The van der Waals surface area contributed by atoms with E-state index in [2.05, 4.69) is 0 Å². The predicted octanol–water partition coefficient (Wildman–Crippen LogP) is 2.47. The van der Waals surface area contributed by atoms with Gasteiger partial charge in [-0.15, -0.1) is 0 Å². The minimum Gasteiger partial charge on any atom is -0.493 e. The van der Waals surface area contributed by atoms with Crippen molar-refractivity contribution in [2.24, 2.45) is 5.73 Å². The molecular weight excluding hydrogens is 228 g/mol. The molecule has 0 amide bonds. The molecule has 0 saturated heterocycles. The smallest absolute Gasteiger partial charge is 0.123 e. The van der Waals surface area contributed by atoms with E-state index < -0.39 is 0 Å². The summed E-state index contributed by atoms with van der Waals surface area (Å²) in [4.78, 5) is 0. The lowest BCUT2D eigenvalue weighted by molar-refractivity contribution is 0.00545. The highest BCUT2D eigenvalue weighted by molar-refractivity contribution is 5.96. The van der Waals surface area contributed by atoms with Gasteiger partial charge in [0.05, 0.1) is 12.2 Å². The van der Waals surface area contributed by atoms with Crippen LogP contribution in [0, 0.1) is 12.3 Å². The minimum absolute atomic E-state index is 0.0829. The van der Waals surface area contributed by atoms with Gasteiger partial charge in [-0.25, -0.2) is 0 Å². The quantitative estimate of drug-likeness (QED) is 0.602. The van der Waals surface area contributed by atoms with Gasteiger partial charge in [-0.05, 0) is 44.5 Å². The highest BCUT2D eigenvalue weighted by Gasteiger charge is 2.16. The van der Waals surface area contributed by atoms with E-state index in [1.165, 1.54) is 0 Å². The molecule has 0 aromatic heterocycles. The number of methoxy groups -OCH3 is 1. The third-order valence-corrected chi connectivity index (χ3v) is 3.01. The first-order chi connectivity index (χ1) is 8.35. The fraction of sp³-hybridized carbons (Fsp3) is 0.500. The zero-order chi connectivity index (χ0) is 13.8. The van der Waals surface area contributed by atoms with Crippen LogP contribution in [0.15, 0.2) is 18.2 Å². The van der Waals surface area contributed by atoms with Crippen LogP contribution in [0.1, 0.15) is 31.4 Å². The number of rotatable bonds is 6. The normalized spacial score (nSPS) is 11.3. The highest BCUT2D eigenvalue weighted by atomic mass is 16.5. The summed E-state index contributed by atoms with van der Waals surface area (Å²) in [6.45, 7) is 6.57. The first-order valence-electron chi connectivity index (χ1n) is 5.99. The molecule has 1 aromatic rings. The van der Waals surface area contributed by atoms with Gasteiger partial charge in [0.25, 0.3) is 0 Å². The van der Waals surface area contributed by atoms with Crippen molar-refractivity contribution in [3.63, 3.8) is 0 Å². The Kier molecular flexibility index (Phi) is 4.73. The molecule has 18 heavy (non-hydrogen) atoms. The Morgan fingerprint density at radius 1 is 1.39 bits per heavy atom. The second-order valence-electron chi connectivity index (χ2n) is 4.95. The monoisotopic (exact) mass is 250 g/mol. The molecule has 0 atom stereocenters. The van der Waals surface area contributed by atoms with Crippen LogP contribution in [0.3, 0.4) is 0 Å². The third-order valence-electron chi connectivity index (χ3n) is 3.01. The maximum atomic E-state index is 7.41. The third kappa shape index (κ3) is 4.04. The van der Waals surface area contributed by atoms with Crippen molar-refractivity contribution in [2.75, 3.05) is 13.7 Å². The molecule has 3 N–H and O–H groups in total. The van der Waals surface area contributed by atoms with Crippen molar-refractivity contribution < 1.29 is 9.47 Å². The Morgan fingerprint density at radius 3 is 2.56 bits per heavy atom.